The molecule has 0 aliphatic rings. The summed E-state index contributed by atoms with van der Waals surface area (Å²) in [6, 6.07) is 6.67. The van der Waals surface area contributed by atoms with Crippen LogP contribution in [0.15, 0.2) is 24.3 Å². The maximum Gasteiger partial charge on any atom is 0.338 e. The highest BCUT2D eigenvalue weighted by atomic mass is 16.6. The van der Waals surface area contributed by atoms with Crippen molar-refractivity contribution in [2.24, 2.45) is 0 Å². The second-order valence-corrected chi connectivity index (χ2v) is 4.12. The van der Waals surface area contributed by atoms with Gasteiger partial charge in [-0.05, 0) is 32.9 Å². The quantitative estimate of drug-likeness (QED) is 0.492. The molecule has 0 heterocycles. The predicted molar refractivity (Wildman–Crippen MR) is 57.0 cm³/mol. The van der Waals surface area contributed by atoms with Crippen molar-refractivity contribution in [3.8, 4) is 0 Å². The Hall–Kier alpha value is -1.25. The van der Waals surface area contributed by atoms with E-state index < -0.39 is 5.60 Å². The zero-order valence-electron chi connectivity index (χ0n) is 8.70. The van der Waals surface area contributed by atoms with Crippen LogP contribution in [0.25, 0.3) is 0 Å². The molecule has 0 aliphatic heterocycles. The maximum atomic E-state index is 11.5. The lowest BCUT2D eigenvalue weighted by atomic mass is 9.95. The topological polar surface area (TPSA) is 26.3 Å². The van der Waals surface area contributed by atoms with Gasteiger partial charge >= 0.3 is 5.97 Å². The first-order valence-corrected chi connectivity index (χ1v) is 4.47. The van der Waals surface area contributed by atoms with Crippen molar-refractivity contribution in [3.63, 3.8) is 0 Å². The van der Waals surface area contributed by atoms with Gasteiger partial charge in [0.15, 0.2) is 0 Å². The fourth-order valence-corrected chi connectivity index (χ4v) is 0.956. The van der Waals surface area contributed by atoms with E-state index in [9.17, 15) is 4.79 Å². The van der Waals surface area contributed by atoms with Crippen molar-refractivity contribution >= 4 is 19.3 Å². The number of hydrogen-bond acceptors (Lipinski definition) is 2. The van der Waals surface area contributed by atoms with E-state index >= 15 is 0 Å². The molecule has 0 N–H and O–H groups in total. The molecule has 0 fully saturated rings. The second-order valence-electron chi connectivity index (χ2n) is 4.12. The standard InChI is InChI=1S/C11H13BO2/c1-11(2,3)14-10(13)8-4-6-9(12)7-5-8/h4-7H,1-3H3. The van der Waals surface area contributed by atoms with Gasteiger partial charge in [0.05, 0.1) is 5.56 Å². The molecule has 14 heavy (non-hydrogen) atoms. The maximum absolute atomic E-state index is 11.5. The zero-order chi connectivity index (χ0) is 10.8. The zero-order valence-corrected chi connectivity index (χ0v) is 8.70. The second kappa shape index (κ2) is 3.87. The van der Waals surface area contributed by atoms with E-state index in [4.69, 9.17) is 12.6 Å². The van der Waals surface area contributed by atoms with Crippen LogP contribution < -0.4 is 5.46 Å². The van der Waals surface area contributed by atoms with Crippen LogP contribution in [0.4, 0.5) is 0 Å². The molecule has 1 aromatic rings. The van der Waals surface area contributed by atoms with E-state index in [1.54, 1.807) is 24.3 Å². The fourth-order valence-electron chi connectivity index (χ4n) is 0.956. The summed E-state index contributed by atoms with van der Waals surface area (Å²) in [5, 5.41) is 0. The molecule has 0 bridgehead atoms. The van der Waals surface area contributed by atoms with Gasteiger partial charge in [0.2, 0.25) is 0 Å². The summed E-state index contributed by atoms with van der Waals surface area (Å²) in [4.78, 5) is 11.5. The molecule has 0 atom stereocenters. The summed E-state index contributed by atoms with van der Waals surface area (Å²) < 4.78 is 5.18. The molecular formula is C11H13BO2. The van der Waals surface area contributed by atoms with E-state index in [0.29, 0.717) is 11.0 Å². The number of ether oxygens (including phenoxy) is 1. The lowest BCUT2D eigenvalue weighted by molar-refractivity contribution is 0.00696. The monoisotopic (exact) mass is 188 g/mol. The Morgan fingerprint density at radius 1 is 1.21 bits per heavy atom. The summed E-state index contributed by atoms with van der Waals surface area (Å²) in [5.41, 5.74) is 0.699. The summed E-state index contributed by atoms with van der Waals surface area (Å²) in [7, 11) is 5.50. The van der Waals surface area contributed by atoms with Gasteiger partial charge in [-0.25, -0.2) is 4.79 Å². The van der Waals surface area contributed by atoms with Gasteiger partial charge in [0, 0.05) is 0 Å². The highest BCUT2D eigenvalue weighted by Crippen LogP contribution is 2.10. The number of hydrogen-bond donors (Lipinski definition) is 0. The van der Waals surface area contributed by atoms with Crippen LogP contribution in [0.1, 0.15) is 31.1 Å². The Kier molecular flexibility index (Phi) is 2.99. The summed E-state index contributed by atoms with van der Waals surface area (Å²) >= 11 is 0. The van der Waals surface area contributed by atoms with Gasteiger partial charge in [-0.2, -0.15) is 0 Å². The summed E-state index contributed by atoms with van der Waals surface area (Å²) in [6.07, 6.45) is 0. The van der Waals surface area contributed by atoms with Crippen LogP contribution in [0.5, 0.6) is 0 Å². The van der Waals surface area contributed by atoms with Gasteiger partial charge in [-0.3, -0.25) is 0 Å². The highest BCUT2D eigenvalue weighted by Gasteiger charge is 2.17. The van der Waals surface area contributed by atoms with E-state index in [2.05, 4.69) is 0 Å². The van der Waals surface area contributed by atoms with Crippen LogP contribution in [0, 0.1) is 0 Å². The number of rotatable bonds is 1. The Balaban J connectivity index is 2.76. The van der Waals surface area contributed by atoms with E-state index in [-0.39, 0.29) is 5.97 Å². The van der Waals surface area contributed by atoms with Crippen molar-refractivity contribution in [1.82, 2.24) is 0 Å². The van der Waals surface area contributed by atoms with Crippen LogP contribution in [-0.4, -0.2) is 19.4 Å². The van der Waals surface area contributed by atoms with Gasteiger partial charge in [-0.15, -0.1) is 0 Å². The smallest absolute Gasteiger partial charge is 0.338 e. The van der Waals surface area contributed by atoms with E-state index in [1.807, 2.05) is 20.8 Å². The Bertz CT molecular complexity index is 322. The lowest BCUT2D eigenvalue weighted by Gasteiger charge is -2.19. The summed E-state index contributed by atoms with van der Waals surface area (Å²) in [6.45, 7) is 5.51. The molecule has 0 aliphatic carbocycles. The molecule has 0 saturated carbocycles. The molecule has 0 saturated heterocycles. The van der Waals surface area contributed by atoms with Gasteiger partial charge in [0.25, 0.3) is 0 Å². The number of benzene rings is 1. The number of esters is 1. The van der Waals surface area contributed by atoms with Crippen molar-refractivity contribution in [3.05, 3.63) is 29.8 Å². The first-order chi connectivity index (χ1) is 6.38. The Labute approximate surface area is 85.7 Å². The van der Waals surface area contributed by atoms with E-state index in [0.717, 1.165) is 0 Å². The van der Waals surface area contributed by atoms with Crippen LogP contribution in [-0.2, 0) is 4.74 Å². The Morgan fingerprint density at radius 3 is 2.14 bits per heavy atom. The molecule has 72 valence electrons. The van der Waals surface area contributed by atoms with Gasteiger partial charge in [0.1, 0.15) is 13.4 Å². The number of carbonyl (C=O) groups is 1. The molecular weight excluding hydrogens is 175 g/mol. The Morgan fingerprint density at radius 2 is 1.71 bits per heavy atom. The first-order valence-electron chi connectivity index (χ1n) is 4.47. The lowest BCUT2D eigenvalue weighted by Crippen LogP contribution is -2.24. The van der Waals surface area contributed by atoms with Gasteiger partial charge < -0.3 is 4.74 Å². The molecule has 0 amide bonds. The minimum atomic E-state index is -0.460. The molecule has 2 radical (unpaired) electrons. The third-order valence-corrected chi connectivity index (χ3v) is 1.55. The molecule has 0 spiro atoms. The minimum absolute atomic E-state index is 0.322. The molecule has 1 aromatic carbocycles. The predicted octanol–water partition coefficient (Wildman–Crippen LogP) is 1.44. The highest BCUT2D eigenvalue weighted by molar-refractivity contribution is 6.32. The van der Waals surface area contributed by atoms with Crippen molar-refractivity contribution in [2.45, 2.75) is 26.4 Å². The van der Waals surface area contributed by atoms with Gasteiger partial charge in [-0.1, -0.05) is 17.6 Å². The fraction of sp³-hybridized carbons (Fsp3) is 0.364. The molecule has 1 rings (SSSR count). The molecule has 0 unspecified atom stereocenters. The largest absolute Gasteiger partial charge is 0.456 e. The van der Waals surface area contributed by atoms with Crippen molar-refractivity contribution in [1.29, 1.82) is 0 Å². The third kappa shape index (κ3) is 3.25. The van der Waals surface area contributed by atoms with Crippen molar-refractivity contribution in [2.75, 3.05) is 0 Å². The molecule has 0 aromatic heterocycles. The van der Waals surface area contributed by atoms with Crippen molar-refractivity contribution < 1.29 is 9.53 Å². The SMILES string of the molecule is [B]c1ccc(C(=O)OC(C)(C)C)cc1. The average Bonchev–Trinajstić information content (AvgIpc) is 2.02. The van der Waals surface area contributed by atoms with E-state index in [1.165, 1.54) is 0 Å². The van der Waals surface area contributed by atoms with Crippen LogP contribution in [0.2, 0.25) is 0 Å². The first kappa shape index (κ1) is 10.8. The average molecular weight is 188 g/mol. The normalized spacial score (nSPS) is 11.1. The molecule has 3 heteroatoms. The minimum Gasteiger partial charge on any atom is -0.456 e. The van der Waals surface area contributed by atoms with Crippen LogP contribution >= 0.6 is 0 Å². The molecule has 2 nitrogen and oxygen atoms in total. The summed E-state index contributed by atoms with van der Waals surface area (Å²) in [5.74, 6) is -0.322. The number of carbonyl (C=O) groups excluding carboxylic acids is 1. The third-order valence-electron chi connectivity index (χ3n) is 1.55. The van der Waals surface area contributed by atoms with Crippen LogP contribution in [0.3, 0.4) is 0 Å².